The number of carboxylic acid groups (broad SMARTS) is 1. The Hall–Kier alpha value is -3.32. The number of carbonyl (C=O) groups excluding carboxylic acids is 2. The first-order valence-corrected chi connectivity index (χ1v) is 15.3. The maximum Gasteiger partial charge on any atom is 0.331 e. The van der Waals surface area contributed by atoms with Gasteiger partial charge in [0, 0.05) is 29.0 Å². The van der Waals surface area contributed by atoms with Crippen LogP contribution in [0, 0.1) is 17.8 Å². The zero-order valence-electron chi connectivity index (χ0n) is 27.5. The van der Waals surface area contributed by atoms with Gasteiger partial charge >= 0.3 is 5.97 Å². The maximum atomic E-state index is 13.2. The second-order valence-electron chi connectivity index (χ2n) is 12.5. The van der Waals surface area contributed by atoms with Crippen LogP contribution in [0.4, 0.5) is 0 Å². The predicted molar refractivity (Wildman–Crippen MR) is 175 cm³/mol. The summed E-state index contributed by atoms with van der Waals surface area (Å²) in [5, 5.41) is 12.7. The van der Waals surface area contributed by atoms with Gasteiger partial charge in [-0.05, 0) is 60.6 Å². The third-order valence-corrected chi connectivity index (χ3v) is 7.46. The molecule has 0 radical (unpaired) electrons. The molecule has 43 heavy (non-hydrogen) atoms. The number of aliphatic carboxylic acids is 1. The number of nitrogens with zero attached hydrogens (tertiary/aromatic N) is 1. The van der Waals surface area contributed by atoms with E-state index in [1.807, 2.05) is 83.1 Å². The van der Waals surface area contributed by atoms with Gasteiger partial charge in [0.25, 0.3) is 0 Å². The Morgan fingerprint density at radius 1 is 1.00 bits per heavy atom. The lowest BCUT2D eigenvalue weighted by Crippen LogP contribution is -2.48. The highest BCUT2D eigenvalue weighted by atomic mass is 35.5. The highest BCUT2D eigenvalue weighted by Crippen LogP contribution is 2.35. The smallest absolute Gasteiger partial charge is 0.331 e. The van der Waals surface area contributed by atoms with Crippen molar-refractivity contribution in [2.75, 3.05) is 13.6 Å². The van der Waals surface area contributed by atoms with Gasteiger partial charge in [-0.25, -0.2) is 4.79 Å². The van der Waals surface area contributed by atoms with Crippen LogP contribution in [-0.2, 0) is 26.4 Å². The quantitative estimate of drug-likeness (QED) is 0.228. The molecule has 0 spiro atoms. The summed E-state index contributed by atoms with van der Waals surface area (Å²) in [4.78, 5) is 38.9. The van der Waals surface area contributed by atoms with Crippen LogP contribution in [0.25, 0.3) is 0 Å². The molecule has 0 heterocycles. The van der Waals surface area contributed by atoms with Crippen molar-refractivity contribution in [3.63, 3.8) is 0 Å². The lowest BCUT2D eigenvalue weighted by atomic mass is 9.71. The van der Waals surface area contributed by atoms with Crippen molar-refractivity contribution in [3.05, 3.63) is 76.3 Å². The molecule has 2 aromatic carbocycles. The van der Waals surface area contributed by atoms with Gasteiger partial charge in [-0.3, -0.25) is 9.59 Å². The molecule has 0 saturated heterocycles. The van der Waals surface area contributed by atoms with Crippen LogP contribution in [-0.4, -0.2) is 47.4 Å². The Bertz CT molecular complexity index is 1200. The average Bonchev–Trinajstić information content (AvgIpc) is 2.93. The topological polar surface area (TPSA) is 95.9 Å². The highest BCUT2D eigenvalue weighted by molar-refractivity contribution is 6.30. The molecule has 238 valence electrons. The van der Waals surface area contributed by atoms with Crippen LogP contribution in [0.3, 0.4) is 0 Å². The number of amides is 2. The average molecular weight is 615 g/mol. The van der Waals surface area contributed by atoms with Crippen LogP contribution >= 0.6 is 11.6 Å². The van der Waals surface area contributed by atoms with E-state index in [0.29, 0.717) is 18.1 Å². The van der Waals surface area contributed by atoms with Gasteiger partial charge in [0.2, 0.25) is 11.8 Å². The summed E-state index contributed by atoms with van der Waals surface area (Å²) in [6, 6.07) is 14.8. The van der Waals surface area contributed by atoms with E-state index in [4.69, 9.17) is 16.3 Å². The first kappa shape index (κ1) is 37.7. The monoisotopic (exact) mass is 614 g/mol. The fraction of sp³-hybridized carbons (Fsp3) is 0.514. The van der Waals surface area contributed by atoms with E-state index in [2.05, 4.69) is 26.1 Å². The fourth-order valence-corrected chi connectivity index (χ4v) is 4.73. The summed E-state index contributed by atoms with van der Waals surface area (Å²) in [6.07, 6.45) is 2.17. The summed E-state index contributed by atoms with van der Waals surface area (Å²) in [6.45, 7) is 18.1. The molecule has 0 bridgehead atoms. The molecule has 0 aliphatic rings. The van der Waals surface area contributed by atoms with Gasteiger partial charge in [-0.1, -0.05) is 97.3 Å². The molecule has 8 heteroatoms. The maximum absolute atomic E-state index is 13.2. The molecule has 0 aliphatic heterocycles. The van der Waals surface area contributed by atoms with Gasteiger partial charge in [0.05, 0.1) is 12.6 Å². The fourth-order valence-electron chi connectivity index (χ4n) is 4.61. The number of likely N-dealkylation sites (N-methyl/N-ethyl adjacent to an activating group) is 1. The van der Waals surface area contributed by atoms with Gasteiger partial charge in [0.1, 0.15) is 12.4 Å². The number of ether oxygens (including phenoxy) is 1. The van der Waals surface area contributed by atoms with Crippen molar-refractivity contribution in [2.24, 2.45) is 17.8 Å². The minimum absolute atomic E-state index is 0.00409. The summed E-state index contributed by atoms with van der Waals surface area (Å²) < 4.78 is 5.89. The summed E-state index contributed by atoms with van der Waals surface area (Å²) in [5.41, 5.74) is 1.68. The first-order chi connectivity index (χ1) is 20.0. The lowest BCUT2D eigenvalue weighted by Gasteiger charge is -2.34. The molecule has 2 rings (SSSR count). The second-order valence-corrected chi connectivity index (χ2v) is 12.9. The number of hydrogen-bond acceptors (Lipinski definition) is 4. The van der Waals surface area contributed by atoms with Crippen molar-refractivity contribution < 1.29 is 24.2 Å². The number of benzene rings is 2. The van der Waals surface area contributed by atoms with Crippen LogP contribution in [0.2, 0.25) is 5.02 Å². The molecule has 2 N–H and O–H groups in total. The zero-order chi connectivity index (χ0) is 32.9. The molecular formula is C35H51ClN2O5. The van der Waals surface area contributed by atoms with Crippen LogP contribution < -0.4 is 10.1 Å². The van der Waals surface area contributed by atoms with Crippen LogP contribution in [0.15, 0.2) is 60.2 Å². The summed E-state index contributed by atoms with van der Waals surface area (Å²) in [7, 11) is 1.63. The van der Waals surface area contributed by atoms with E-state index < -0.39 is 17.4 Å². The molecule has 1 unspecified atom stereocenters. The molecule has 7 nitrogen and oxygen atoms in total. The van der Waals surface area contributed by atoms with E-state index in [0.717, 1.165) is 22.8 Å². The van der Waals surface area contributed by atoms with Crippen molar-refractivity contribution in [3.8, 4) is 5.75 Å². The lowest BCUT2D eigenvalue weighted by molar-refractivity contribution is -0.135. The molecule has 0 fully saturated rings. The van der Waals surface area contributed by atoms with Crippen molar-refractivity contribution >= 4 is 29.4 Å². The van der Waals surface area contributed by atoms with Crippen LogP contribution in [0.5, 0.6) is 5.75 Å². The normalized spacial score (nSPS) is 13.1. The molecule has 2 aromatic rings. The second kappa shape index (κ2) is 17.7. The van der Waals surface area contributed by atoms with E-state index >= 15 is 0 Å². The van der Waals surface area contributed by atoms with E-state index in [1.165, 1.54) is 11.8 Å². The Kier molecular flexibility index (Phi) is 15.5. The van der Waals surface area contributed by atoms with Gasteiger partial charge < -0.3 is 20.1 Å². The van der Waals surface area contributed by atoms with E-state index in [9.17, 15) is 19.5 Å². The van der Waals surface area contributed by atoms with E-state index in [-0.39, 0.29) is 35.8 Å². The Balaban J connectivity index is 0.00000217. The largest absolute Gasteiger partial charge is 0.489 e. The third-order valence-electron chi connectivity index (χ3n) is 7.21. The van der Waals surface area contributed by atoms with Gasteiger partial charge in [-0.15, -0.1) is 0 Å². The standard InChI is InChI=1S/C31H41ClN2O5.C4H10/c1-8-26(29(36)33-18-28(35)34(7)27(20(2)3)17-21(4)30(37)38)31(5,6)23-11-15-25(16-12-23)39-19-22-9-13-24(32)14-10-22;1-4(2)3/h9-17,20,26-27H,8,18-19H2,1-7H3,(H,33,36)(H,37,38);4H,1-3H3/b21-17+;/t26?,27-;/m1./s1. The van der Waals surface area contributed by atoms with Crippen LogP contribution in [0.1, 0.15) is 79.9 Å². The van der Waals surface area contributed by atoms with E-state index in [1.54, 1.807) is 13.1 Å². The van der Waals surface area contributed by atoms with Gasteiger partial charge in [-0.2, -0.15) is 0 Å². The van der Waals surface area contributed by atoms with Crippen molar-refractivity contribution in [1.29, 1.82) is 0 Å². The number of hydrogen-bond donors (Lipinski definition) is 2. The molecule has 2 atom stereocenters. The first-order valence-electron chi connectivity index (χ1n) is 14.9. The zero-order valence-corrected chi connectivity index (χ0v) is 28.3. The molecule has 0 saturated carbocycles. The minimum atomic E-state index is -1.02. The number of halogens is 1. The number of rotatable bonds is 13. The predicted octanol–water partition coefficient (Wildman–Crippen LogP) is 7.52. The summed E-state index contributed by atoms with van der Waals surface area (Å²) in [5.74, 6) is -0.320. The number of carboxylic acids is 1. The molecular weight excluding hydrogens is 564 g/mol. The highest BCUT2D eigenvalue weighted by Gasteiger charge is 2.35. The Morgan fingerprint density at radius 3 is 2.00 bits per heavy atom. The summed E-state index contributed by atoms with van der Waals surface area (Å²) >= 11 is 5.94. The van der Waals surface area contributed by atoms with Crippen molar-refractivity contribution in [2.45, 2.75) is 86.8 Å². The number of nitrogens with one attached hydrogen (secondary N) is 1. The minimum Gasteiger partial charge on any atom is -0.489 e. The number of carbonyl (C=O) groups is 3. The van der Waals surface area contributed by atoms with Gasteiger partial charge in [0.15, 0.2) is 0 Å². The Labute approximate surface area is 263 Å². The molecule has 2 amide bonds. The SMILES string of the molecule is CC(C)C.CCC(C(=O)NCC(=O)N(C)[C@H](/C=C(\C)C(=O)O)C(C)C)C(C)(C)c1ccc(OCc2ccc(Cl)cc2)cc1. The van der Waals surface area contributed by atoms with Crippen molar-refractivity contribution in [1.82, 2.24) is 10.2 Å². The molecule has 0 aromatic heterocycles. The third kappa shape index (κ3) is 12.4. The molecule has 0 aliphatic carbocycles. The Morgan fingerprint density at radius 2 is 1.53 bits per heavy atom.